The van der Waals surface area contributed by atoms with E-state index < -0.39 is 0 Å². The first-order valence-electron chi connectivity index (χ1n) is 6.35. The summed E-state index contributed by atoms with van der Waals surface area (Å²) in [7, 11) is 0. The van der Waals surface area contributed by atoms with Crippen molar-refractivity contribution < 1.29 is 9.84 Å². The van der Waals surface area contributed by atoms with Gasteiger partial charge in [-0.2, -0.15) is 0 Å². The van der Waals surface area contributed by atoms with Gasteiger partial charge in [-0.05, 0) is 36.6 Å². The molecular weight excluding hydrogens is 260 g/mol. The number of hydrogen-bond donors (Lipinski definition) is 1. The summed E-state index contributed by atoms with van der Waals surface area (Å²) in [5.74, 6) is 0.708. The number of hydrogen-bond acceptors (Lipinski definition) is 2. The summed E-state index contributed by atoms with van der Waals surface area (Å²) < 4.78 is 5.69. The Kier molecular flexibility index (Phi) is 5.25. The number of aryl methyl sites for hydroxylation is 1. The second-order valence-electron chi connectivity index (χ2n) is 4.35. The van der Waals surface area contributed by atoms with Crippen LogP contribution in [0.3, 0.4) is 0 Å². The molecule has 2 aromatic rings. The third-order valence-corrected chi connectivity index (χ3v) is 3.14. The highest BCUT2D eigenvalue weighted by molar-refractivity contribution is 6.30. The van der Waals surface area contributed by atoms with Crippen molar-refractivity contribution in [2.75, 3.05) is 6.61 Å². The van der Waals surface area contributed by atoms with E-state index in [4.69, 9.17) is 16.3 Å². The van der Waals surface area contributed by atoms with Crippen molar-refractivity contribution in [2.24, 2.45) is 0 Å². The summed E-state index contributed by atoms with van der Waals surface area (Å²) in [6.07, 6.45) is 1.93. The predicted octanol–water partition coefficient (Wildman–Crippen LogP) is 3.84. The van der Waals surface area contributed by atoms with Crippen LogP contribution < -0.4 is 4.74 Å². The maximum Gasteiger partial charge on any atom is 0.124 e. The summed E-state index contributed by atoms with van der Waals surface area (Å²) in [6, 6.07) is 15.6. The van der Waals surface area contributed by atoms with Gasteiger partial charge < -0.3 is 9.84 Å². The van der Waals surface area contributed by atoms with Gasteiger partial charge in [-0.15, -0.1) is 0 Å². The van der Waals surface area contributed by atoms with Crippen LogP contribution in [0.25, 0.3) is 0 Å². The van der Waals surface area contributed by atoms with E-state index in [0.717, 1.165) is 18.4 Å². The molecule has 0 fully saturated rings. The largest absolute Gasteiger partial charge is 0.493 e. The highest BCUT2D eigenvalue weighted by Gasteiger charge is 2.03. The molecule has 1 N–H and O–H groups in total. The SMILES string of the molecule is OCc1cc(Cl)ccc1OCCCc1ccccc1. The van der Waals surface area contributed by atoms with Gasteiger partial charge in [0.2, 0.25) is 0 Å². The smallest absolute Gasteiger partial charge is 0.124 e. The van der Waals surface area contributed by atoms with Gasteiger partial charge >= 0.3 is 0 Å². The van der Waals surface area contributed by atoms with Crippen LogP contribution in [0.2, 0.25) is 5.02 Å². The van der Waals surface area contributed by atoms with E-state index in [9.17, 15) is 5.11 Å². The molecule has 0 amide bonds. The first-order valence-corrected chi connectivity index (χ1v) is 6.73. The molecule has 0 radical (unpaired) electrons. The lowest BCUT2D eigenvalue weighted by atomic mass is 10.1. The fourth-order valence-corrected chi connectivity index (χ4v) is 2.11. The molecule has 100 valence electrons. The molecule has 19 heavy (non-hydrogen) atoms. The fourth-order valence-electron chi connectivity index (χ4n) is 1.92. The van der Waals surface area contributed by atoms with Gasteiger partial charge in [0.15, 0.2) is 0 Å². The zero-order chi connectivity index (χ0) is 13.5. The lowest BCUT2D eigenvalue weighted by Crippen LogP contribution is -2.02. The van der Waals surface area contributed by atoms with Gasteiger partial charge in [0, 0.05) is 10.6 Å². The minimum atomic E-state index is -0.0609. The molecule has 0 aliphatic heterocycles. The summed E-state index contributed by atoms with van der Waals surface area (Å²) >= 11 is 5.87. The summed E-state index contributed by atoms with van der Waals surface area (Å²) in [5.41, 5.74) is 2.04. The molecule has 3 heteroatoms. The second-order valence-corrected chi connectivity index (χ2v) is 4.78. The lowest BCUT2D eigenvalue weighted by molar-refractivity contribution is 0.261. The first kappa shape index (κ1) is 13.9. The van der Waals surface area contributed by atoms with Crippen LogP contribution in [0.5, 0.6) is 5.75 Å². The Labute approximate surface area is 118 Å². The quantitative estimate of drug-likeness (QED) is 0.812. The molecule has 0 spiro atoms. The number of benzene rings is 2. The van der Waals surface area contributed by atoms with Crippen LogP contribution in [0.15, 0.2) is 48.5 Å². The van der Waals surface area contributed by atoms with Crippen LogP contribution in [-0.2, 0) is 13.0 Å². The van der Waals surface area contributed by atoms with Gasteiger partial charge in [-0.3, -0.25) is 0 Å². The Bertz CT molecular complexity index is 511. The monoisotopic (exact) mass is 276 g/mol. The van der Waals surface area contributed by atoms with Crippen molar-refractivity contribution in [3.05, 3.63) is 64.7 Å². The molecular formula is C16H17ClO2. The van der Waals surface area contributed by atoms with Crippen LogP contribution in [0, 0.1) is 0 Å². The number of aliphatic hydroxyl groups excluding tert-OH is 1. The predicted molar refractivity (Wildman–Crippen MR) is 77.6 cm³/mol. The molecule has 2 aromatic carbocycles. The van der Waals surface area contributed by atoms with E-state index >= 15 is 0 Å². The van der Waals surface area contributed by atoms with Crippen molar-refractivity contribution in [3.63, 3.8) is 0 Å². The van der Waals surface area contributed by atoms with Gasteiger partial charge in [0.05, 0.1) is 13.2 Å². The first-order chi connectivity index (χ1) is 9.29. The average Bonchev–Trinajstić information content (AvgIpc) is 2.46. The van der Waals surface area contributed by atoms with Gasteiger partial charge in [-0.1, -0.05) is 41.9 Å². The lowest BCUT2D eigenvalue weighted by Gasteiger charge is -2.10. The van der Waals surface area contributed by atoms with Gasteiger partial charge in [-0.25, -0.2) is 0 Å². The van der Waals surface area contributed by atoms with Crippen LogP contribution >= 0.6 is 11.6 Å². The normalized spacial score (nSPS) is 10.4. The van der Waals surface area contributed by atoms with Crippen LogP contribution in [0.1, 0.15) is 17.5 Å². The van der Waals surface area contributed by atoms with Crippen molar-refractivity contribution in [1.82, 2.24) is 0 Å². The Morgan fingerprint density at radius 1 is 1.05 bits per heavy atom. The van der Waals surface area contributed by atoms with Crippen molar-refractivity contribution in [2.45, 2.75) is 19.4 Å². The number of halogens is 1. The summed E-state index contributed by atoms with van der Waals surface area (Å²) in [4.78, 5) is 0. The highest BCUT2D eigenvalue weighted by atomic mass is 35.5. The highest BCUT2D eigenvalue weighted by Crippen LogP contribution is 2.23. The van der Waals surface area contributed by atoms with Gasteiger partial charge in [0.25, 0.3) is 0 Å². The van der Waals surface area contributed by atoms with Crippen LogP contribution in [-0.4, -0.2) is 11.7 Å². The van der Waals surface area contributed by atoms with E-state index in [2.05, 4.69) is 12.1 Å². The van der Waals surface area contributed by atoms with Crippen LogP contribution in [0.4, 0.5) is 0 Å². The molecule has 0 atom stereocenters. The van der Waals surface area contributed by atoms with Gasteiger partial charge in [0.1, 0.15) is 5.75 Å². The molecule has 0 aliphatic rings. The maximum absolute atomic E-state index is 9.24. The fraction of sp³-hybridized carbons (Fsp3) is 0.250. The number of ether oxygens (including phenoxy) is 1. The average molecular weight is 277 g/mol. The topological polar surface area (TPSA) is 29.5 Å². The Hall–Kier alpha value is -1.51. The third kappa shape index (κ3) is 4.27. The van der Waals surface area contributed by atoms with E-state index in [1.165, 1.54) is 5.56 Å². The Balaban J connectivity index is 1.83. The van der Waals surface area contributed by atoms with Crippen molar-refractivity contribution in [3.8, 4) is 5.75 Å². The third-order valence-electron chi connectivity index (χ3n) is 2.90. The van der Waals surface area contributed by atoms with E-state index in [1.807, 2.05) is 18.2 Å². The summed E-state index contributed by atoms with van der Waals surface area (Å²) in [6.45, 7) is 0.568. The second kappa shape index (κ2) is 7.17. The molecule has 0 saturated carbocycles. The Morgan fingerprint density at radius 3 is 2.58 bits per heavy atom. The van der Waals surface area contributed by atoms with E-state index in [0.29, 0.717) is 17.4 Å². The molecule has 0 saturated heterocycles. The molecule has 2 nitrogen and oxygen atoms in total. The molecule has 0 unspecified atom stereocenters. The van der Waals surface area contributed by atoms with Crippen molar-refractivity contribution >= 4 is 11.6 Å². The van der Waals surface area contributed by atoms with Crippen molar-refractivity contribution in [1.29, 1.82) is 0 Å². The standard InChI is InChI=1S/C16H17ClO2/c17-15-8-9-16(14(11-15)12-18)19-10-4-7-13-5-2-1-3-6-13/h1-3,5-6,8-9,11,18H,4,7,10,12H2. The molecule has 0 heterocycles. The minimum absolute atomic E-state index is 0.0609. The zero-order valence-corrected chi connectivity index (χ0v) is 11.4. The van der Waals surface area contributed by atoms with E-state index in [1.54, 1.807) is 18.2 Å². The molecule has 2 rings (SSSR count). The summed E-state index contributed by atoms with van der Waals surface area (Å²) in [5, 5.41) is 9.85. The molecule has 0 bridgehead atoms. The number of rotatable bonds is 6. The molecule has 0 aromatic heterocycles. The zero-order valence-electron chi connectivity index (χ0n) is 10.7. The molecule has 0 aliphatic carbocycles. The number of aliphatic hydroxyl groups is 1. The van der Waals surface area contributed by atoms with E-state index in [-0.39, 0.29) is 6.61 Å². The minimum Gasteiger partial charge on any atom is -0.493 e. The maximum atomic E-state index is 9.24. The Morgan fingerprint density at radius 2 is 1.84 bits per heavy atom.